The fourth-order valence-electron chi connectivity index (χ4n) is 3.89. The smallest absolute Gasteiger partial charge is 0.251 e. The standard InChI is InChI=1S/C25H21F3N2O/c1-14-3-8-22(28)24-23(14)21(15(2)30-24)9-10-29-25(31)17-6-4-16(5-7-17)18-11-19(26)13-20(27)12-18/h3-8,11-13,30H,9-10H2,1-2H3,(H,29,31). The lowest BCUT2D eigenvalue weighted by atomic mass is 10.0. The zero-order valence-electron chi connectivity index (χ0n) is 17.2. The van der Waals surface area contributed by atoms with Crippen LogP contribution in [0, 0.1) is 31.3 Å². The molecule has 0 bridgehead atoms. The van der Waals surface area contributed by atoms with Gasteiger partial charge in [0.05, 0.1) is 5.52 Å². The summed E-state index contributed by atoms with van der Waals surface area (Å²) >= 11 is 0. The van der Waals surface area contributed by atoms with Crippen molar-refractivity contribution < 1.29 is 18.0 Å². The van der Waals surface area contributed by atoms with Crippen molar-refractivity contribution in [3.63, 3.8) is 0 Å². The topological polar surface area (TPSA) is 44.9 Å². The van der Waals surface area contributed by atoms with Crippen LogP contribution >= 0.6 is 0 Å². The van der Waals surface area contributed by atoms with Crippen LogP contribution in [0.15, 0.2) is 54.6 Å². The number of aromatic amines is 1. The highest BCUT2D eigenvalue weighted by atomic mass is 19.1. The van der Waals surface area contributed by atoms with Crippen LogP contribution in [0.4, 0.5) is 13.2 Å². The fourth-order valence-corrected chi connectivity index (χ4v) is 3.89. The quantitative estimate of drug-likeness (QED) is 0.417. The molecule has 6 heteroatoms. The Morgan fingerprint density at radius 3 is 2.26 bits per heavy atom. The van der Waals surface area contributed by atoms with E-state index in [1.165, 1.54) is 18.2 Å². The van der Waals surface area contributed by atoms with Gasteiger partial charge in [0.2, 0.25) is 0 Å². The van der Waals surface area contributed by atoms with Gasteiger partial charge in [0.15, 0.2) is 0 Å². The van der Waals surface area contributed by atoms with Crippen LogP contribution in [-0.2, 0) is 6.42 Å². The lowest BCUT2D eigenvalue weighted by Gasteiger charge is -2.08. The maximum atomic E-state index is 14.1. The van der Waals surface area contributed by atoms with Gasteiger partial charge in [-0.1, -0.05) is 18.2 Å². The van der Waals surface area contributed by atoms with Crippen LogP contribution in [0.1, 0.15) is 27.2 Å². The molecule has 31 heavy (non-hydrogen) atoms. The maximum Gasteiger partial charge on any atom is 0.251 e. The molecule has 0 aliphatic carbocycles. The second-order valence-electron chi connectivity index (χ2n) is 7.58. The van der Waals surface area contributed by atoms with Crippen molar-refractivity contribution in [1.82, 2.24) is 10.3 Å². The fraction of sp³-hybridized carbons (Fsp3) is 0.160. The molecule has 0 saturated heterocycles. The Bertz CT molecular complexity index is 1260. The van der Waals surface area contributed by atoms with Gasteiger partial charge < -0.3 is 10.3 Å². The first kappa shape index (κ1) is 20.7. The summed E-state index contributed by atoms with van der Waals surface area (Å²) in [7, 11) is 0. The zero-order chi connectivity index (χ0) is 22.1. The minimum absolute atomic E-state index is 0.252. The summed E-state index contributed by atoms with van der Waals surface area (Å²) in [5.41, 5.74) is 4.79. The summed E-state index contributed by atoms with van der Waals surface area (Å²) in [5.74, 6) is -1.85. The molecular formula is C25H21F3N2O. The van der Waals surface area contributed by atoms with Crippen LogP contribution in [0.25, 0.3) is 22.0 Å². The molecule has 3 aromatic carbocycles. The van der Waals surface area contributed by atoms with Crippen molar-refractivity contribution in [2.24, 2.45) is 0 Å². The van der Waals surface area contributed by atoms with E-state index < -0.39 is 11.6 Å². The van der Waals surface area contributed by atoms with E-state index in [-0.39, 0.29) is 11.7 Å². The van der Waals surface area contributed by atoms with Gasteiger partial charge in [-0.05, 0) is 72.9 Å². The van der Waals surface area contributed by atoms with Crippen molar-refractivity contribution in [3.05, 3.63) is 94.4 Å². The van der Waals surface area contributed by atoms with E-state index in [0.29, 0.717) is 35.2 Å². The molecule has 0 aliphatic heterocycles. The molecule has 3 nitrogen and oxygen atoms in total. The molecule has 0 radical (unpaired) electrons. The molecule has 2 N–H and O–H groups in total. The number of H-pyrrole nitrogens is 1. The number of nitrogens with one attached hydrogen (secondary N) is 2. The third kappa shape index (κ3) is 4.19. The van der Waals surface area contributed by atoms with Crippen molar-refractivity contribution in [1.29, 1.82) is 0 Å². The predicted molar refractivity (Wildman–Crippen MR) is 116 cm³/mol. The number of aryl methyl sites for hydroxylation is 2. The van der Waals surface area contributed by atoms with Crippen molar-refractivity contribution >= 4 is 16.8 Å². The molecule has 0 unspecified atom stereocenters. The van der Waals surface area contributed by atoms with Crippen LogP contribution in [-0.4, -0.2) is 17.4 Å². The summed E-state index contributed by atoms with van der Waals surface area (Å²) < 4.78 is 40.9. The van der Waals surface area contributed by atoms with Gasteiger partial charge >= 0.3 is 0 Å². The number of benzene rings is 3. The number of hydrogen-bond acceptors (Lipinski definition) is 1. The largest absolute Gasteiger partial charge is 0.356 e. The Balaban J connectivity index is 1.45. The Kier molecular flexibility index (Phi) is 5.55. The summed E-state index contributed by atoms with van der Waals surface area (Å²) in [6.07, 6.45) is 0.558. The number of fused-ring (bicyclic) bond motifs is 1. The molecule has 4 rings (SSSR count). The van der Waals surface area contributed by atoms with Crippen LogP contribution in [0.2, 0.25) is 0 Å². The minimum Gasteiger partial charge on any atom is -0.356 e. The highest BCUT2D eigenvalue weighted by Crippen LogP contribution is 2.28. The van der Waals surface area contributed by atoms with Gasteiger partial charge in [-0.2, -0.15) is 0 Å². The molecule has 1 amide bonds. The highest BCUT2D eigenvalue weighted by molar-refractivity contribution is 5.94. The van der Waals surface area contributed by atoms with Gasteiger partial charge in [0.1, 0.15) is 17.5 Å². The number of amides is 1. The van der Waals surface area contributed by atoms with Gasteiger partial charge in [0.25, 0.3) is 5.91 Å². The molecule has 0 spiro atoms. The summed E-state index contributed by atoms with van der Waals surface area (Å²) in [4.78, 5) is 15.6. The van der Waals surface area contributed by atoms with E-state index in [1.54, 1.807) is 30.3 Å². The first-order valence-corrected chi connectivity index (χ1v) is 9.94. The number of halogens is 3. The van der Waals surface area contributed by atoms with Crippen LogP contribution in [0.3, 0.4) is 0 Å². The predicted octanol–water partition coefficient (Wildman–Crippen LogP) is 5.84. The summed E-state index contributed by atoms with van der Waals surface area (Å²) in [5, 5.41) is 3.73. The first-order valence-electron chi connectivity index (χ1n) is 9.94. The summed E-state index contributed by atoms with van der Waals surface area (Å²) in [6.45, 7) is 4.21. The zero-order valence-corrected chi connectivity index (χ0v) is 17.2. The highest BCUT2D eigenvalue weighted by Gasteiger charge is 2.14. The Morgan fingerprint density at radius 1 is 0.903 bits per heavy atom. The molecule has 158 valence electrons. The van der Waals surface area contributed by atoms with Gasteiger partial charge in [-0.3, -0.25) is 4.79 Å². The molecule has 0 fully saturated rings. The van der Waals surface area contributed by atoms with Crippen molar-refractivity contribution in [2.75, 3.05) is 6.54 Å². The SMILES string of the molecule is Cc1[nH]c2c(F)ccc(C)c2c1CCNC(=O)c1ccc(-c2cc(F)cc(F)c2)cc1. The van der Waals surface area contributed by atoms with Crippen LogP contribution < -0.4 is 5.32 Å². The Labute approximate surface area is 177 Å². The Hall–Kier alpha value is -3.54. The van der Waals surface area contributed by atoms with E-state index in [0.717, 1.165) is 28.3 Å². The number of aromatic nitrogens is 1. The lowest BCUT2D eigenvalue weighted by Crippen LogP contribution is -2.25. The first-order chi connectivity index (χ1) is 14.8. The minimum atomic E-state index is -0.653. The molecular weight excluding hydrogens is 401 g/mol. The summed E-state index contributed by atoms with van der Waals surface area (Å²) in [6, 6.07) is 13.0. The third-order valence-corrected chi connectivity index (χ3v) is 5.43. The van der Waals surface area contributed by atoms with Gasteiger partial charge in [-0.15, -0.1) is 0 Å². The average Bonchev–Trinajstić information content (AvgIpc) is 3.07. The Morgan fingerprint density at radius 2 is 1.58 bits per heavy atom. The number of rotatable bonds is 5. The molecule has 4 aromatic rings. The molecule has 0 aliphatic rings. The average molecular weight is 422 g/mol. The van der Waals surface area contributed by atoms with E-state index in [9.17, 15) is 18.0 Å². The normalized spacial score (nSPS) is 11.1. The van der Waals surface area contributed by atoms with Crippen LogP contribution in [0.5, 0.6) is 0 Å². The van der Waals surface area contributed by atoms with E-state index >= 15 is 0 Å². The van der Waals surface area contributed by atoms with Gasteiger partial charge in [-0.25, -0.2) is 13.2 Å². The van der Waals surface area contributed by atoms with Crippen molar-refractivity contribution in [3.8, 4) is 11.1 Å². The van der Waals surface area contributed by atoms with E-state index in [1.807, 2.05) is 13.8 Å². The second kappa shape index (κ2) is 8.30. The van der Waals surface area contributed by atoms with Crippen molar-refractivity contribution in [2.45, 2.75) is 20.3 Å². The molecule has 0 atom stereocenters. The number of carbonyl (C=O) groups excluding carboxylic acids is 1. The molecule has 1 aromatic heterocycles. The lowest BCUT2D eigenvalue weighted by molar-refractivity contribution is 0.0954. The van der Waals surface area contributed by atoms with Gasteiger partial charge in [0, 0.05) is 29.3 Å². The second-order valence-corrected chi connectivity index (χ2v) is 7.58. The monoisotopic (exact) mass is 422 g/mol. The van der Waals surface area contributed by atoms with E-state index in [2.05, 4.69) is 10.3 Å². The number of carbonyl (C=O) groups is 1. The number of hydrogen-bond donors (Lipinski definition) is 2. The molecule has 0 saturated carbocycles. The molecule has 1 heterocycles. The van der Waals surface area contributed by atoms with E-state index in [4.69, 9.17) is 0 Å². The maximum absolute atomic E-state index is 14.1. The third-order valence-electron chi connectivity index (χ3n) is 5.43.